The first-order valence-corrected chi connectivity index (χ1v) is 6.28. The quantitative estimate of drug-likeness (QED) is 0.702. The highest BCUT2D eigenvalue weighted by Crippen LogP contribution is 2.21. The molecule has 0 spiro atoms. The number of rotatable bonds is 6. The van der Waals surface area contributed by atoms with Gasteiger partial charge in [-0.15, -0.1) is 0 Å². The maximum Gasteiger partial charge on any atom is 0.303 e. The van der Waals surface area contributed by atoms with Gasteiger partial charge >= 0.3 is 5.97 Å². The van der Waals surface area contributed by atoms with Gasteiger partial charge in [0.25, 0.3) is 5.91 Å². The summed E-state index contributed by atoms with van der Waals surface area (Å²) in [6.45, 7) is 0.390. The predicted octanol–water partition coefficient (Wildman–Crippen LogP) is 2.14. The van der Waals surface area contributed by atoms with Crippen LogP contribution in [0.1, 0.15) is 29.6 Å². The Labute approximate surface area is 113 Å². The fourth-order valence-electron chi connectivity index (χ4n) is 1.40. The molecule has 0 aliphatic rings. The molecule has 0 aliphatic heterocycles. The van der Waals surface area contributed by atoms with Crippen LogP contribution in [0.2, 0.25) is 0 Å². The molecule has 0 radical (unpaired) electrons. The number of nitrogens with one attached hydrogen (secondary N) is 1. The molecule has 0 saturated carbocycles. The monoisotopic (exact) mass is 315 g/mol. The molecule has 0 heterocycles. The smallest absolute Gasteiger partial charge is 0.303 e. The lowest BCUT2D eigenvalue weighted by atomic mass is 10.2. The second kappa shape index (κ2) is 7.00. The normalized spacial score (nSPS) is 10.1. The second-order valence-electron chi connectivity index (χ2n) is 3.77. The summed E-state index contributed by atoms with van der Waals surface area (Å²) in [5.41, 5.74) is 0.205. The third kappa shape index (κ3) is 4.75. The molecule has 18 heavy (non-hydrogen) atoms. The Morgan fingerprint density at radius 1 is 1.28 bits per heavy atom. The molecule has 1 amide bonds. The van der Waals surface area contributed by atoms with Crippen LogP contribution in [0.25, 0.3) is 0 Å². The van der Waals surface area contributed by atoms with Crippen molar-refractivity contribution in [1.29, 1.82) is 0 Å². The number of unbranched alkanes of at least 4 members (excludes halogenated alkanes) is 1. The molecule has 0 atom stereocenters. The zero-order valence-corrected chi connectivity index (χ0v) is 11.2. The molecule has 1 aromatic carbocycles. The summed E-state index contributed by atoms with van der Waals surface area (Å²) in [4.78, 5) is 21.9. The Kier molecular flexibility index (Phi) is 5.64. The number of aliphatic carboxylic acids is 1. The lowest BCUT2D eigenvalue weighted by Crippen LogP contribution is -2.24. The van der Waals surface area contributed by atoms with E-state index in [1.807, 2.05) is 0 Å². The standard InChI is InChI=1S/C12H14BrNO4/c13-8-4-5-9(10(15)7-8)12(18)14-6-2-1-3-11(16)17/h4-5,7,15H,1-3,6H2,(H,14,18)(H,16,17). The van der Waals surface area contributed by atoms with Gasteiger partial charge in [-0.3, -0.25) is 9.59 Å². The minimum atomic E-state index is -0.841. The van der Waals surface area contributed by atoms with Gasteiger partial charge in [0.15, 0.2) is 0 Å². The van der Waals surface area contributed by atoms with E-state index >= 15 is 0 Å². The van der Waals surface area contributed by atoms with E-state index in [4.69, 9.17) is 5.11 Å². The van der Waals surface area contributed by atoms with E-state index in [9.17, 15) is 14.7 Å². The van der Waals surface area contributed by atoms with Crippen molar-refractivity contribution in [3.05, 3.63) is 28.2 Å². The van der Waals surface area contributed by atoms with Crippen LogP contribution in [-0.2, 0) is 4.79 Å². The average molecular weight is 316 g/mol. The molecule has 0 aromatic heterocycles. The van der Waals surface area contributed by atoms with Crippen molar-refractivity contribution in [3.63, 3.8) is 0 Å². The molecule has 1 rings (SSSR count). The van der Waals surface area contributed by atoms with Crippen LogP contribution in [0.3, 0.4) is 0 Å². The molecule has 0 fully saturated rings. The number of hydrogen-bond acceptors (Lipinski definition) is 3. The molecule has 0 aliphatic carbocycles. The number of halogens is 1. The fraction of sp³-hybridized carbons (Fsp3) is 0.333. The molecule has 3 N–H and O–H groups in total. The van der Waals surface area contributed by atoms with Crippen molar-refractivity contribution < 1.29 is 19.8 Å². The van der Waals surface area contributed by atoms with Gasteiger partial charge in [0.05, 0.1) is 5.56 Å². The van der Waals surface area contributed by atoms with E-state index in [1.54, 1.807) is 6.07 Å². The maximum absolute atomic E-state index is 11.7. The third-order valence-electron chi connectivity index (χ3n) is 2.31. The number of hydrogen-bond donors (Lipinski definition) is 3. The molecule has 0 unspecified atom stereocenters. The van der Waals surface area contributed by atoms with E-state index in [-0.39, 0.29) is 23.6 Å². The average Bonchev–Trinajstić information content (AvgIpc) is 2.27. The van der Waals surface area contributed by atoms with Crippen LogP contribution in [0.15, 0.2) is 22.7 Å². The lowest BCUT2D eigenvalue weighted by Gasteiger charge is -2.06. The van der Waals surface area contributed by atoms with Crippen LogP contribution in [0, 0.1) is 0 Å². The van der Waals surface area contributed by atoms with Crippen LogP contribution in [0.4, 0.5) is 0 Å². The summed E-state index contributed by atoms with van der Waals surface area (Å²) < 4.78 is 0.693. The summed E-state index contributed by atoms with van der Waals surface area (Å²) in [5.74, 6) is -1.30. The molecule has 0 saturated heterocycles. The van der Waals surface area contributed by atoms with Crippen molar-refractivity contribution in [1.82, 2.24) is 5.32 Å². The number of benzene rings is 1. The number of carboxylic acids is 1. The van der Waals surface area contributed by atoms with Gasteiger partial charge in [-0.05, 0) is 31.0 Å². The van der Waals surface area contributed by atoms with Gasteiger partial charge < -0.3 is 15.5 Å². The second-order valence-corrected chi connectivity index (χ2v) is 4.68. The predicted molar refractivity (Wildman–Crippen MR) is 69.6 cm³/mol. The first-order chi connectivity index (χ1) is 8.50. The van der Waals surface area contributed by atoms with Gasteiger partial charge in [0.1, 0.15) is 5.75 Å². The summed E-state index contributed by atoms with van der Waals surface area (Å²) in [7, 11) is 0. The van der Waals surface area contributed by atoms with Gasteiger partial charge in [-0.2, -0.15) is 0 Å². The van der Waals surface area contributed by atoms with Crippen LogP contribution >= 0.6 is 15.9 Å². The zero-order valence-electron chi connectivity index (χ0n) is 9.65. The molecule has 5 nitrogen and oxygen atoms in total. The number of carbonyl (C=O) groups is 2. The van der Waals surface area contributed by atoms with Crippen molar-refractivity contribution in [3.8, 4) is 5.75 Å². The molecule has 1 aromatic rings. The van der Waals surface area contributed by atoms with Gasteiger partial charge in [0.2, 0.25) is 0 Å². The number of amides is 1. The van der Waals surface area contributed by atoms with Crippen LogP contribution in [0.5, 0.6) is 5.75 Å². The van der Waals surface area contributed by atoms with Gasteiger partial charge in [0, 0.05) is 17.4 Å². The summed E-state index contributed by atoms with van der Waals surface area (Å²) in [6, 6.07) is 4.63. The molecular weight excluding hydrogens is 302 g/mol. The topological polar surface area (TPSA) is 86.6 Å². The SMILES string of the molecule is O=C(O)CCCCNC(=O)c1ccc(Br)cc1O. The Morgan fingerprint density at radius 3 is 2.61 bits per heavy atom. The maximum atomic E-state index is 11.7. The zero-order chi connectivity index (χ0) is 13.5. The number of phenolic OH excluding ortho intramolecular Hbond substituents is 1. The highest BCUT2D eigenvalue weighted by atomic mass is 79.9. The molecule has 0 bridgehead atoms. The minimum Gasteiger partial charge on any atom is -0.507 e. The molecule has 98 valence electrons. The fourth-order valence-corrected chi connectivity index (χ4v) is 1.74. The number of aromatic hydroxyl groups is 1. The Hall–Kier alpha value is -1.56. The lowest BCUT2D eigenvalue weighted by molar-refractivity contribution is -0.137. The van der Waals surface area contributed by atoms with Crippen molar-refractivity contribution in [2.75, 3.05) is 6.54 Å². The van der Waals surface area contributed by atoms with Crippen molar-refractivity contribution >= 4 is 27.8 Å². The number of carboxylic acid groups (broad SMARTS) is 1. The number of phenols is 1. The van der Waals surface area contributed by atoms with Gasteiger partial charge in [-0.1, -0.05) is 15.9 Å². The van der Waals surface area contributed by atoms with Crippen LogP contribution in [-0.4, -0.2) is 28.6 Å². The molecule has 6 heteroatoms. The number of carbonyl (C=O) groups excluding carboxylic acids is 1. The Morgan fingerprint density at radius 2 is 2.00 bits per heavy atom. The Bertz CT molecular complexity index is 448. The third-order valence-corrected chi connectivity index (χ3v) is 2.80. The first-order valence-electron chi connectivity index (χ1n) is 5.49. The minimum absolute atomic E-state index is 0.0904. The largest absolute Gasteiger partial charge is 0.507 e. The van der Waals surface area contributed by atoms with E-state index in [0.717, 1.165) is 0 Å². The van der Waals surface area contributed by atoms with E-state index in [1.165, 1.54) is 12.1 Å². The first kappa shape index (κ1) is 14.5. The highest BCUT2D eigenvalue weighted by Gasteiger charge is 2.10. The Balaban J connectivity index is 2.39. The summed E-state index contributed by atoms with van der Waals surface area (Å²) >= 11 is 3.18. The van der Waals surface area contributed by atoms with Crippen molar-refractivity contribution in [2.45, 2.75) is 19.3 Å². The van der Waals surface area contributed by atoms with E-state index in [0.29, 0.717) is 23.9 Å². The van der Waals surface area contributed by atoms with Crippen molar-refractivity contribution in [2.24, 2.45) is 0 Å². The van der Waals surface area contributed by atoms with E-state index in [2.05, 4.69) is 21.2 Å². The summed E-state index contributed by atoms with van der Waals surface area (Å²) in [6.07, 6.45) is 1.21. The van der Waals surface area contributed by atoms with E-state index < -0.39 is 5.97 Å². The van der Waals surface area contributed by atoms with Crippen LogP contribution < -0.4 is 5.32 Å². The van der Waals surface area contributed by atoms with Gasteiger partial charge in [-0.25, -0.2) is 0 Å². The molecular formula is C12H14BrNO4. The summed E-state index contributed by atoms with van der Waals surface area (Å²) in [5, 5.41) is 20.6. The highest BCUT2D eigenvalue weighted by molar-refractivity contribution is 9.10.